The van der Waals surface area contributed by atoms with Crippen molar-refractivity contribution in [2.24, 2.45) is 0 Å². The molecule has 0 radical (unpaired) electrons. The Kier molecular flexibility index (Phi) is 4.78. The van der Waals surface area contributed by atoms with Crippen molar-refractivity contribution < 1.29 is 14.3 Å². The fourth-order valence-corrected chi connectivity index (χ4v) is 2.47. The highest BCUT2D eigenvalue weighted by molar-refractivity contribution is 5.68. The number of piperazine rings is 1. The molecule has 6 heteroatoms. The number of ether oxygens (including phenoxy) is 2. The molecule has 0 spiro atoms. The van der Waals surface area contributed by atoms with Crippen LogP contribution in [0.2, 0.25) is 0 Å². The molecule has 1 fully saturated rings. The first kappa shape index (κ1) is 16.4. The lowest BCUT2D eigenvalue weighted by Crippen LogP contribution is -2.54. The van der Waals surface area contributed by atoms with E-state index in [9.17, 15) is 4.79 Å². The molecular weight excluding hydrogens is 282 g/mol. The minimum Gasteiger partial charge on any atom is -0.497 e. The van der Waals surface area contributed by atoms with Gasteiger partial charge in [0.1, 0.15) is 17.2 Å². The van der Waals surface area contributed by atoms with E-state index in [0.717, 1.165) is 18.1 Å². The van der Waals surface area contributed by atoms with Crippen LogP contribution in [0.25, 0.3) is 0 Å². The van der Waals surface area contributed by atoms with Crippen LogP contribution in [0.5, 0.6) is 5.75 Å². The third-order valence-corrected chi connectivity index (χ3v) is 3.53. The first-order chi connectivity index (χ1) is 10.3. The number of anilines is 1. The number of rotatable bonds is 2. The molecule has 1 unspecified atom stereocenters. The van der Waals surface area contributed by atoms with Crippen molar-refractivity contribution in [1.82, 2.24) is 9.88 Å². The van der Waals surface area contributed by atoms with Gasteiger partial charge in [-0.1, -0.05) is 0 Å². The van der Waals surface area contributed by atoms with Crippen LogP contribution < -0.4 is 9.64 Å². The lowest BCUT2D eigenvalue weighted by molar-refractivity contribution is 0.0218. The Morgan fingerprint density at radius 3 is 2.68 bits per heavy atom. The van der Waals surface area contributed by atoms with Crippen LogP contribution in [0.3, 0.4) is 0 Å². The number of aromatic nitrogens is 1. The van der Waals surface area contributed by atoms with E-state index in [1.54, 1.807) is 18.2 Å². The lowest BCUT2D eigenvalue weighted by atomic mass is 10.2. The summed E-state index contributed by atoms with van der Waals surface area (Å²) >= 11 is 0. The molecule has 1 aromatic heterocycles. The van der Waals surface area contributed by atoms with E-state index < -0.39 is 5.60 Å². The molecule has 2 heterocycles. The maximum absolute atomic E-state index is 12.2. The highest BCUT2D eigenvalue weighted by Gasteiger charge is 2.30. The minimum absolute atomic E-state index is 0.167. The average molecular weight is 307 g/mol. The minimum atomic E-state index is -0.466. The summed E-state index contributed by atoms with van der Waals surface area (Å²) in [4.78, 5) is 20.5. The van der Waals surface area contributed by atoms with Gasteiger partial charge in [-0.25, -0.2) is 9.78 Å². The molecule has 6 nitrogen and oxygen atoms in total. The zero-order chi connectivity index (χ0) is 16.3. The van der Waals surface area contributed by atoms with Crippen LogP contribution in [0.15, 0.2) is 18.3 Å². The van der Waals surface area contributed by atoms with Gasteiger partial charge in [0.15, 0.2) is 0 Å². The molecule has 1 aliphatic rings. The summed E-state index contributed by atoms with van der Waals surface area (Å²) in [5.41, 5.74) is -0.466. The number of carbonyl (C=O) groups excluding carboxylic acids is 1. The summed E-state index contributed by atoms with van der Waals surface area (Å²) in [5.74, 6) is 1.66. The van der Waals surface area contributed by atoms with E-state index in [0.29, 0.717) is 13.1 Å². The standard InChI is InChI=1S/C16H25N3O3/c1-12-11-18(15(20)22-16(2,3)4)8-9-19(12)14-10-13(21-5)6-7-17-14/h6-7,10,12H,8-9,11H2,1-5H3. The number of amides is 1. The smallest absolute Gasteiger partial charge is 0.410 e. The molecule has 0 aliphatic carbocycles. The molecule has 122 valence electrons. The van der Waals surface area contributed by atoms with E-state index in [2.05, 4.69) is 16.8 Å². The number of methoxy groups -OCH3 is 1. The van der Waals surface area contributed by atoms with Crippen LogP contribution in [-0.4, -0.2) is 54.4 Å². The van der Waals surface area contributed by atoms with Crippen LogP contribution in [0, 0.1) is 0 Å². The molecule has 0 aromatic carbocycles. The predicted molar refractivity (Wildman–Crippen MR) is 85.4 cm³/mol. The summed E-state index contributed by atoms with van der Waals surface area (Å²) in [6, 6.07) is 3.91. The van der Waals surface area contributed by atoms with Crippen molar-refractivity contribution in [1.29, 1.82) is 0 Å². The maximum Gasteiger partial charge on any atom is 0.410 e. The Labute approximate surface area is 132 Å². The van der Waals surface area contributed by atoms with Crippen molar-refractivity contribution in [3.63, 3.8) is 0 Å². The van der Waals surface area contributed by atoms with E-state index in [4.69, 9.17) is 9.47 Å². The topological polar surface area (TPSA) is 54.9 Å². The van der Waals surface area contributed by atoms with Gasteiger partial charge in [-0.2, -0.15) is 0 Å². The molecule has 1 saturated heterocycles. The van der Waals surface area contributed by atoms with Gasteiger partial charge in [0, 0.05) is 37.9 Å². The van der Waals surface area contributed by atoms with Crippen molar-refractivity contribution in [3.8, 4) is 5.75 Å². The van der Waals surface area contributed by atoms with E-state index in [-0.39, 0.29) is 12.1 Å². The van der Waals surface area contributed by atoms with Crippen molar-refractivity contribution >= 4 is 11.9 Å². The van der Waals surface area contributed by atoms with Crippen LogP contribution in [0.1, 0.15) is 27.7 Å². The fourth-order valence-electron chi connectivity index (χ4n) is 2.47. The molecule has 0 N–H and O–H groups in total. The summed E-state index contributed by atoms with van der Waals surface area (Å²) in [6.07, 6.45) is 1.49. The Balaban J connectivity index is 2.02. The van der Waals surface area contributed by atoms with Crippen molar-refractivity contribution in [2.75, 3.05) is 31.6 Å². The molecule has 22 heavy (non-hydrogen) atoms. The Morgan fingerprint density at radius 1 is 1.36 bits per heavy atom. The SMILES string of the molecule is COc1ccnc(N2CCN(C(=O)OC(C)(C)C)CC2C)c1. The molecule has 0 saturated carbocycles. The van der Waals surface area contributed by atoms with Crippen LogP contribution in [0.4, 0.5) is 10.6 Å². The van der Waals surface area contributed by atoms with E-state index >= 15 is 0 Å². The van der Waals surface area contributed by atoms with Crippen LogP contribution in [-0.2, 0) is 4.74 Å². The third-order valence-electron chi connectivity index (χ3n) is 3.53. The molecule has 1 atom stereocenters. The summed E-state index contributed by atoms with van der Waals surface area (Å²) in [5, 5.41) is 0. The monoisotopic (exact) mass is 307 g/mol. The number of hydrogen-bond acceptors (Lipinski definition) is 5. The highest BCUT2D eigenvalue weighted by atomic mass is 16.6. The fraction of sp³-hybridized carbons (Fsp3) is 0.625. The van der Waals surface area contributed by atoms with Crippen LogP contribution >= 0.6 is 0 Å². The van der Waals surface area contributed by atoms with Gasteiger partial charge < -0.3 is 19.3 Å². The van der Waals surface area contributed by atoms with Gasteiger partial charge in [-0.15, -0.1) is 0 Å². The van der Waals surface area contributed by atoms with Gasteiger partial charge in [0.25, 0.3) is 0 Å². The Morgan fingerprint density at radius 2 is 2.09 bits per heavy atom. The zero-order valence-electron chi connectivity index (χ0n) is 14.0. The van der Waals surface area contributed by atoms with Gasteiger partial charge in [-0.05, 0) is 33.8 Å². The van der Waals surface area contributed by atoms with Crippen molar-refractivity contribution in [2.45, 2.75) is 39.3 Å². The molecule has 1 aromatic rings. The summed E-state index contributed by atoms with van der Waals surface area (Å²) < 4.78 is 10.7. The zero-order valence-corrected chi connectivity index (χ0v) is 14.0. The summed E-state index contributed by atoms with van der Waals surface area (Å²) in [6.45, 7) is 9.68. The first-order valence-corrected chi connectivity index (χ1v) is 7.55. The van der Waals surface area contributed by atoms with Gasteiger partial charge >= 0.3 is 6.09 Å². The average Bonchev–Trinajstić information content (AvgIpc) is 2.45. The molecule has 0 bridgehead atoms. The van der Waals surface area contributed by atoms with Gasteiger partial charge in [0.2, 0.25) is 0 Å². The predicted octanol–water partition coefficient (Wildman–Crippen LogP) is 2.54. The second kappa shape index (κ2) is 6.42. The molecule has 1 amide bonds. The van der Waals surface area contributed by atoms with E-state index in [1.807, 2.05) is 32.9 Å². The Hall–Kier alpha value is -1.98. The second-order valence-electron chi connectivity index (χ2n) is 6.52. The largest absolute Gasteiger partial charge is 0.497 e. The third kappa shape index (κ3) is 4.02. The number of carbonyl (C=O) groups is 1. The van der Waals surface area contributed by atoms with E-state index in [1.165, 1.54) is 0 Å². The number of nitrogens with zero attached hydrogens (tertiary/aromatic N) is 3. The lowest BCUT2D eigenvalue weighted by Gasteiger charge is -2.40. The highest BCUT2D eigenvalue weighted by Crippen LogP contribution is 2.23. The Bertz CT molecular complexity index is 528. The summed E-state index contributed by atoms with van der Waals surface area (Å²) in [7, 11) is 1.64. The molecular formula is C16H25N3O3. The second-order valence-corrected chi connectivity index (χ2v) is 6.52. The van der Waals surface area contributed by atoms with Gasteiger partial charge in [0.05, 0.1) is 7.11 Å². The first-order valence-electron chi connectivity index (χ1n) is 7.55. The molecule has 1 aliphatic heterocycles. The normalized spacial score (nSPS) is 19.0. The number of pyridine rings is 1. The van der Waals surface area contributed by atoms with Crippen molar-refractivity contribution in [3.05, 3.63) is 18.3 Å². The quantitative estimate of drug-likeness (QED) is 0.840. The molecule has 2 rings (SSSR count). The number of hydrogen-bond donors (Lipinski definition) is 0. The van der Waals surface area contributed by atoms with Gasteiger partial charge in [-0.3, -0.25) is 0 Å². The maximum atomic E-state index is 12.2.